The summed E-state index contributed by atoms with van der Waals surface area (Å²) in [4.78, 5) is 2.72. The molecule has 0 atom stereocenters. The van der Waals surface area contributed by atoms with Crippen molar-refractivity contribution in [2.75, 3.05) is 41.9 Å². The van der Waals surface area contributed by atoms with Crippen LogP contribution in [0, 0.1) is 53.3 Å². The smallest absolute Gasteiger partial charge is 0.268 e. The Morgan fingerprint density at radius 3 is 1.38 bits per heavy atom. The average molecular weight is 1380 g/mol. The highest BCUT2D eigenvalue weighted by Crippen LogP contribution is 2.66. The number of fused-ring (bicyclic) bond motifs is 16. The van der Waals surface area contributed by atoms with E-state index in [1.165, 1.54) is 246 Å². The van der Waals surface area contributed by atoms with Crippen molar-refractivity contribution in [3.05, 3.63) is 156 Å². The lowest BCUT2D eigenvalue weighted by Crippen LogP contribution is -2.65. The molecule has 99 heavy (non-hydrogen) atoms. The highest BCUT2D eigenvalue weighted by Gasteiger charge is 2.58. The molecule has 12 bridgehead atoms. The Balaban J connectivity index is 0.739. The highest BCUT2D eigenvalue weighted by atomic mass is 32.2. The van der Waals surface area contributed by atoms with Crippen molar-refractivity contribution in [2.24, 2.45) is 53.3 Å². The van der Waals surface area contributed by atoms with Crippen molar-refractivity contribution in [2.45, 2.75) is 132 Å². The van der Waals surface area contributed by atoms with Crippen LogP contribution in [0.3, 0.4) is 0 Å². The molecule has 12 fully saturated rings. The maximum Gasteiger partial charge on any atom is 0.268 e. The number of hydrogen-bond acceptors (Lipinski definition) is 11. The molecule has 8 heterocycles. The number of hydrogen-bond donors (Lipinski definition) is 1. The summed E-state index contributed by atoms with van der Waals surface area (Å²) in [7, 11) is 0. The minimum atomic E-state index is -0.0257. The summed E-state index contributed by atoms with van der Waals surface area (Å²) in [6.45, 7) is 0.0279. The third-order valence-corrected chi connectivity index (χ3v) is 34.1. The highest BCUT2D eigenvalue weighted by molar-refractivity contribution is 8.01. The molecule has 6 nitrogen and oxygen atoms in total. The minimum Gasteiger partial charge on any atom is -0.457 e. The van der Waals surface area contributed by atoms with E-state index in [0.717, 1.165) is 64.8 Å². The Morgan fingerprint density at radius 1 is 0.394 bits per heavy atom. The fraction of sp³-hybridized carbons (Fsp3) is 0.388. The molecule has 0 saturated heterocycles. The Kier molecular flexibility index (Phi) is 11.5. The van der Waals surface area contributed by atoms with E-state index in [1.807, 2.05) is 58.5 Å². The second-order valence-electron chi connectivity index (χ2n) is 34.6. The van der Waals surface area contributed by atoms with Crippen LogP contribution < -0.4 is 75.7 Å². The van der Waals surface area contributed by atoms with E-state index >= 15 is 0 Å². The van der Waals surface area contributed by atoms with Crippen molar-refractivity contribution in [3.8, 4) is 11.5 Å². The standard InChI is InChI=1S/C85H78B3N5OS5/c1-95-91-66-34-64-60(87-76-65(89-64)26-54(83-36-45-17-46(37-83)19-47(18-45)38-83)27-69(76)90(57-11-5-4-6-12-57)79-58-13-7-9-15-74(58)98-81(79)87)32-61(66)86-62-33-63-68(35-67(62)92(96-2)71-29-55(28-70(91)77(71)86)84-39-48-20-49(40-84)22-50(21-48)41-84)93(97-3)72-30-56(85-42-51-23-52(43-85)25-53(24-51)44-85)31-73-78(72)88(63)82-80(94-73)59-14-8-10-16-75(59)99-82/h4-16,26-35,45-53,89H,17-25,36-44H2,1-3H3. The molecule has 2 aromatic heterocycles. The van der Waals surface area contributed by atoms with Gasteiger partial charge in [0.2, 0.25) is 0 Å². The van der Waals surface area contributed by atoms with Crippen LogP contribution in [0.4, 0.5) is 62.6 Å². The van der Waals surface area contributed by atoms with Gasteiger partial charge in [0.15, 0.2) is 0 Å². The molecule has 0 amide bonds. The van der Waals surface area contributed by atoms with Crippen molar-refractivity contribution in [1.29, 1.82) is 0 Å². The van der Waals surface area contributed by atoms with Gasteiger partial charge in [-0.15, -0.1) is 22.7 Å². The predicted molar refractivity (Wildman–Crippen MR) is 428 cm³/mol. The van der Waals surface area contributed by atoms with Crippen LogP contribution in [0.1, 0.15) is 132 Å². The number of nitrogens with zero attached hydrogens (tertiary/aromatic N) is 4. The molecule has 28 rings (SSSR count). The molecule has 0 radical (unpaired) electrons. The molecule has 6 aliphatic heterocycles. The third-order valence-electron chi connectivity index (χ3n) is 29.4. The van der Waals surface area contributed by atoms with Gasteiger partial charge in [0, 0.05) is 88.3 Å². The molecule has 12 saturated carbocycles. The van der Waals surface area contributed by atoms with Gasteiger partial charge in [-0.05, 0) is 355 Å². The van der Waals surface area contributed by atoms with Crippen molar-refractivity contribution < 1.29 is 4.74 Å². The van der Waals surface area contributed by atoms with Gasteiger partial charge in [-0.1, -0.05) is 60.7 Å². The largest absolute Gasteiger partial charge is 0.457 e. The predicted octanol–water partition coefficient (Wildman–Crippen LogP) is 17.2. The molecule has 0 spiro atoms. The summed E-state index contributed by atoms with van der Waals surface area (Å²) in [6.07, 6.45) is 32.1. The Morgan fingerprint density at radius 2 is 0.828 bits per heavy atom. The van der Waals surface area contributed by atoms with Crippen LogP contribution >= 0.6 is 58.5 Å². The summed E-state index contributed by atoms with van der Waals surface area (Å²) in [6, 6.07) is 57.3. The van der Waals surface area contributed by atoms with Gasteiger partial charge in [-0.2, -0.15) is 0 Å². The summed E-state index contributed by atoms with van der Waals surface area (Å²) < 4.78 is 21.3. The molecule has 12 aliphatic carbocycles. The van der Waals surface area contributed by atoms with E-state index in [4.69, 9.17) is 4.74 Å². The minimum absolute atomic E-state index is 0.0187. The average Bonchev–Trinajstić information content (AvgIpc) is 1.68. The zero-order valence-corrected chi connectivity index (χ0v) is 60.8. The van der Waals surface area contributed by atoms with Crippen LogP contribution in [0.15, 0.2) is 140 Å². The first kappa shape index (κ1) is 57.3. The van der Waals surface area contributed by atoms with Crippen LogP contribution in [0.25, 0.3) is 20.2 Å². The maximum absolute atomic E-state index is 7.61. The number of rotatable bonds is 7. The van der Waals surface area contributed by atoms with Gasteiger partial charge >= 0.3 is 0 Å². The van der Waals surface area contributed by atoms with Gasteiger partial charge in [0.05, 0.1) is 22.7 Å². The topological polar surface area (TPSA) is 34.2 Å². The molecule has 10 aromatic rings. The number of nitrogens with one attached hydrogen (secondary N) is 1. The first-order valence-electron chi connectivity index (χ1n) is 37.9. The number of benzene rings is 8. The van der Waals surface area contributed by atoms with E-state index in [0.29, 0.717) is 0 Å². The van der Waals surface area contributed by atoms with Crippen LogP contribution in [-0.4, -0.2) is 38.9 Å². The van der Waals surface area contributed by atoms with E-state index in [1.54, 1.807) is 16.7 Å². The molecule has 8 aromatic carbocycles. The van der Waals surface area contributed by atoms with Crippen LogP contribution in [0.5, 0.6) is 11.5 Å². The third kappa shape index (κ3) is 7.55. The van der Waals surface area contributed by atoms with Gasteiger partial charge in [-0.3, -0.25) is 12.9 Å². The van der Waals surface area contributed by atoms with Gasteiger partial charge < -0.3 is 15.0 Å². The number of anilines is 11. The first-order chi connectivity index (χ1) is 48.6. The second-order valence-corrected chi connectivity index (χ2v) is 38.9. The molecule has 18 aliphatic rings. The van der Waals surface area contributed by atoms with E-state index in [2.05, 4.69) is 181 Å². The van der Waals surface area contributed by atoms with Crippen molar-refractivity contribution in [3.63, 3.8) is 0 Å². The van der Waals surface area contributed by atoms with Gasteiger partial charge in [0.25, 0.3) is 20.1 Å². The number of thiophene rings is 2. The fourth-order valence-electron chi connectivity index (χ4n) is 27.1. The summed E-state index contributed by atoms with van der Waals surface area (Å²) in [5, 5.41) is 7.07. The van der Waals surface area contributed by atoms with Gasteiger partial charge in [0.1, 0.15) is 11.5 Å². The second kappa shape index (κ2) is 19.9. The van der Waals surface area contributed by atoms with Crippen LogP contribution in [-0.2, 0) is 16.2 Å². The normalized spacial score (nSPS) is 30.6. The lowest BCUT2D eigenvalue weighted by Gasteiger charge is -2.57. The number of para-hydroxylation sites is 1. The van der Waals surface area contributed by atoms with E-state index in [-0.39, 0.29) is 36.4 Å². The van der Waals surface area contributed by atoms with Crippen molar-refractivity contribution in [1.82, 2.24) is 0 Å². The SMILES string of the molecule is CSN1c2cc3c(cc2B2c4sc5ccccc5c4Oc4cc(C56CC7CC(CC(C7)C5)C6)cc1c42)B1c2cc4c(cc2N(SC)c2cc(C56CC7CC(CC(C7)C5)C6)cc(c21)N3SC)Nc1cc(C23CC5CC(CC(C5)C2)C3)cc2c1B4c1sc3ccccc3c1N2c1ccccc1. The van der Waals surface area contributed by atoms with E-state index in [9.17, 15) is 0 Å². The zero-order valence-electron chi connectivity index (χ0n) is 56.7. The molecular formula is C85H78B3N5OS5. The van der Waals surface area contributed by atoms with Crippen LogP contribution in [0.2, 0.25) is 0 Å². The monoisotopic (exact) mass is 1380 g/mol. The van der Waals surface area contributed by atoms with E-state index < -0.39 is 0 Å². The summed E-state index contributed by atoms with van der Waals surface area (Å²) >= 11 is 9.79. The fourth-order valence-corrected chi connectivity index (χ4v) is 31.8. The molecular weight excluding hydrogens is 1300 g/mol. The molecule has 488 valence electrons. The Hall–Kier alpha value is -6.28. The van der Waals surface area contributed by atoms with Gasteiger partial charge in [-0.25, -0.2) is 0 Å². The molecule has 1 N–H and O–H groups in total. The first-order valence-corrected chi connectivity index (χ1v) is 43.1. The maximum atomic E-state index is 7.61. The molecule has 0 unspecified atom stereocenters. The lowest BCUT2D eigenvalue weighted by molar-refractivity contribution is -0.00531. The zero-order chi connectivity index (χ0) is 64.4. The lowest BCUT2D eigenvalue weighted by atomic mass is 9.30. The Bertz CT molecular complexity index is 5190. The molecule has 14 heteroatoms. The summed E-state index contributed by atoms with van der Waals surface area (Å²) in [5.41, 5.74) is 30.2. The number of ether oxygens (including phenoxy) is 1. The quantitative estimate of drug-likeness (QED) is 0.124. The summed E-state index contributed by atoms with van der Waals surface area (Å²) in [5.74, 6) is 9.83. The van der Waals surface area contributed by atoms with Crippen molar-refractivity contribution >= 4 is 209 Å². The Labute approximate surface area is 603 Å².